The molecule has 0 radical (unpaired) electrons. The van der Waals surface area contributed by atoms with Gasteiger partial charge in [-0.15, -0.1) is 0 Å². The lowest BCUT2D eigenvalue weighted by Crippen LogP contribution is -2.09. The summed E-state index contributed by atoms with van der Waals surface area (Å²) in [6.07, 6.45) is 7.55. The molecule has 0 aromatic heterocycles. The second-order valence-corrected chi connectivity index (χ2v) is 5.78. The second-order valence-electron chi connectivity index (χ2n) is 4.18. The normalized spacial score (nSPS) is 49.6. The van der Waals surface area contributed by atoms with Crippen LogP contribution in [0.5, 0.6) is 0 Å². The van der Waals surface area contributed by atoms with Gasteiger partial charge in [0, 0.05) is 3.92 Å². The first-order valence-corrected chi connectivity index (χ1v) is 6.21. The zero-order valence-electron chi connectivity index (χ0n) is 7.22. The topological polar surface area (TPSA) is 0 Å². The second kappa shape index (κ2) is 3.23. The van der Waals surface area contributed by atoms with Gasteiger partial charge >= 0.3 is 0 Å². The van der Waals surface area contributed by atoms with Gasteiger partial charge in [-0.25, -0.2) is 0 Å². The lowest BCUT2D eigenvalue weighted by molar-refractivity contribution is 0.345. The van der Waals surface area contributed by atoms with Crippen LogP contribution in [0.2, 0.25) is 0 Å². The number of fused-ring (bicyclic) bond motifs is 1. The smallest absolute Gasteiger partial charge is 0.0143 e. The monoisotopic (exact) mass is 264 g/mol. The highest BCUT2D eigenvalue weighted by molar-refractivity contribution is 14.1. The van der Waals surface area contributed by atoms with Gasteiger partial charge < -0.3 is 0 Å². The van der Waals surface area contributed by atoms with Crippen molar-refractivity contribution in [3.05, 3.63) is 0 Å². The molecule has 0 aromatic rings. The van der Waals surface area contributed by atoms with Crippen molar-refractivity contribution in [2.24, 2.45) is 17.8 Å². The molecule has 0 saturated heterocycles. The van der Waals surface area contributed by atoms with Gasteiger partial charge in [0.25, 0.3) is 0 Å². The van der Waals surface area contributed by atoms with E-state index in [4.69, 9.17) is 0 Å². The Morgan fingerprint density at radius 1 is 1.27 bits per heavy atom. The quantitative estimate of drug-likeness (QED) is 0.501. The van der Waals surface area contributed by atoms with Crippen LogP contribution < -0.4 is 0 Å². The Kier molecular flexibility index (Phi) is 2.45. The fraction of sp³-hybridized carbons (Fsp3) is 1.00. The van der Waals surface area contributed by atoms with Crippen LogP contribution in [-0.4, -0.2) is 3.92 Å². The maximum Gasteiger partial charge on any atom is 0.0143 e. The summed E-state index contributed by atoms with van der Waals surface area (Å²) in [4.78, 5) is 0. The third kappa shape index (κ3) is 1.34. The van der Waals surface area contributed by atoms with Crippen molar-refractivity contribution in [1.29, 1.82) is 0 Å². The molecule has 64 valence electrons. The molecule has 0 bridgehead atoms. The first-order chi connectivity index (χ1) is 5.33. The Morgan fingerprint density at radius 3 is 2.73 bits per heavy atom. The van der Waals surface area contributed by atoms with Gasteiger partial charge in [0.15, 0.2) is 0 Å². The lowest BCUT2D eigenvalue weighted by atomic mass is 9.90. The standard InChI is InChI=1S/C10H17I/c1-2-7-6-10(11)9-5-3-4-8(7)9/h7-10H,2-6H2,1H3. The Bertz CT molecular complexity index is 144. The van der Waals surface area contributed by atoms with Crippen LogP contribution in [-0.2, 0) is 0 Å². The maximum absolute atomic E-state index is 2.69. The number of halogens is 1. The molecule has 0 spiro atoms. The van der Waals surface area contributed by atoms with Crippen molar-refractivity contribution in [3.63, 3.8) is 0 Å². The summed E-state index contributed by atoms with van der Waals surface area (Å²) < 4.78 is 1.02. The summed E-state index contributed by atoms with van der Waals surface area (Å²) in [6, 6.07) is 0. The van der Waals surface area contributed by atoms with Gasteiger partial charge in [-0.3, -0.25) is 0 Å². The number of alkyl halides is 1. The van der Waals surface area contributed by atoms with Crippen molar-refractivity contribution in [2.45, 2.75) is 43.0 Å². The molecule has 0 aromatic carbocycles. The van der Waals surface area contributed by atoms with E-state index in [1.807, 2.05) is 0 Å². The van der Waals surface area contributed by atoms with Crippen LogP contribution >= 0.6 is 22.6 Å². The van der Waals surface area contributed by atoms with E-state index in [0.717, 1.165) is 21.7 Å². The minimum absolute atomic E-state index is 1.02. The fourth-order valence-corrected chi connectivity index (χ4v) is 4.71. The molecule has 0 N–H and O–H groups in total. The van der Waals surface area contributed by atoms with Crippen LogP contribution in [0.4, 0.5) is 0 Å². The average Bonchev–Trinajstić information content (AvgIpc) is 2.54. The predicted molar refractivity (Wildman–Crippen MR) is 57.0 cm³/mol. The van der Waals surface area contributed by atoms with Crippen molar-refractivity contribution in [3.8, 4) is 0 Å². The minimum atomic E-state index is 1.02. The van der Waals surface area contributed by atoms with E-state index in [2.05, 4.69) is 29.5 Å². The molecule has 4 atom stereocenters. The van der Waals surface area contributed by atoms with Gasteiger partial charge in [-0.1, -0.05) is 42.4 Å². The average molecular weight is 264 g/mol. The predicted octanol–water partition coefficient (Wildman–Crippen LogP) is 3.64. The zero-order valence-corrected chi connectivity index (χ0v) is 9.38. The Labute approximate surface area is 83.3 Å². The summed E-state index contributed by atoms with van der Waals surface area (Å²) in [5, 5.41) is 0. The first-order valence-electron chi connectivity index (χ1n) is 4.97. The van der Waals surface area contributed by atoms with E-state index in [0.29, 0.717) is 0 Å². The molecule has 0 nitrogen and oxygen atoms in total. The van der Waals surface area contributed by atoms with Gasteiger partial charge in [-0.2, -0.15) is 0 Å². The largest absolute Gasteiger partial charge is 0.0823 e. The molecule has 4 unspecified atom stereocenters. The molecule has 11 heavy (non-hydrogen) atoms. The van der Waals surface area contributed by atoms with Crippen molar-refractivity contribution in [2.75, 3.05) is 0 Å². The molecule has 1 heteroatoms. The van der Waals surface area contributed by atoms with Crippen LogP contribution in [0, 0.1) is 17.8 Å². The van der Waals surface area contributed by atoms with Crippen molar-refractivity contribution < 1.29 is 0 Å². The zero-order chi connectivity index (χ0) is 7.84. The molecule has 2 aliphatic rings. The summed E-state index contributed by atoms with van der Waals surface area (Å²) in [5.74, 6) is 3.33. The molecule has 0 amide bonds. The molecule has 2 saturated carbocycles. The number of hydrogen-bond donors (Lipinski definition) is 0. The van der Waals surface area contributed by atoms with Crippen LogP contribution in [0.15, 0.2) is 0 Å². The Morgan fingerprint density at radius 2 is 2.00 bits per heavy atom. The molecule has 0 aliphatic heterocycles. The molecular weight excluding hydrogens is 247 g/mol. The lowest BCUT2D eigenvalue weighted by Gasteiger charge is -2.15. The Balaban J connectivity index is 2.07. The van der Waals surface area contributed by atoms with Gasteiger partial charge in [0.05, 0.1) is 0 Å². The highest BCUT2D eigenvalue weighted by Crippen LogP contribution is 2.51. The summed E-state index contributed by atoms with van der Waals surface area (Å²) in [6.45, 7) is 2.37. The van der Waals surface area contributed by atoms with Gasteiger partial charge in [0.1, 0.15) is 0 Å². The number of hydrogen-bond acceptors (Lipinski definition) is 0. The molecule has 2 rings (SSSR count). The van der Waals surface area contributed by atoms with Gasteiger partial charge in [-0.05, 0) is 37.0 Å². The first kappa shape index (κ1) is 8.33. The van der Waals surface area contributed by atoms with Crippen LogP contribution in [0.3, 0.4) is 0 Å². The minimum Gasteiger partial charge on any atom is -0.0823 e. The van der Waals surface area contributed by atoms with Crippen LogP contribution in [0.1, 0.15) is 39.0 Å². The summed E-state index contributed by atoms with van der Waals surface area (Å²) >= 11 is 2.69. The van der Waals surface area contributed by atoms with E-state index in [-0.39, 0.29) is 0 Å². The SMILES string of the molecule is CCC1CC(I)C2CCCC12. The van der Waals surface area contributed by atoms with Crippen molar-refractivity contribution in [1.82, 2.24) is 0 Å². The fourth-order valence-electron chi connectivity index (χ4n) is 3.16. The molecule has 0 heterocycles. The van der Waals surface area contributed by atoms with E-state index in [1.54, 1.807) is 6.42 Å². The van der Waals surface area contributed by atoms with E-state index >= 15 is 0 Å². The van der Waals surface area contributed by atoms with Crippen molar-refractivity contribution >= 4 is 22.6 Å². The number of rotatable bonds is 1. The summed E-state index contributed by atoms with van der Waals surface area (Å²) in [7, 11) is 0. The molecular formula is C10H17I. The van der Waals surface area contributed by atoms with E-state index < -0.39 is 0 Å². The molecule has 2 fully saturated rings. The maximum atomic E-state index is 2.69. The van der Waals surface area contributed by atoms with Crippen LogP contribution in [0.25, 0.3) is 0 Å². The highest BCUT2D eigenvalue weighted by Gasteiger charge is 2.43. The Hall–Kier alpha value is 0.730. The molecule has 2 aliphatic carbocycles. The third-order valence-electron chi connectivity index (χ3n) is 3.75. The highest BCUT2D eigenvalue weighted by atomic mass is 127. The summed E-state index contributed by atoms with van der Waals surface area (Å²) in [5.41, 5.74) is 0. The van der Waals surface area contributed by atoms with E-state index in [1.165, 1.54) is 25.7 Å². The van der Waals surface area contributed by atoms with E-state index in [9.17, 15) is 0 Å². The third-order valence-corrected chi connectivity index (χ3v) is 5.18. The van der Waals surface area contributed by atoms with Gasteiger partial charge in [0.2, 0.25) is 0 Å².